The first-order valence-electron chi connectivity index (χ1n) is 4.41. The van der Waals surface area contributed by atoms with Crippen LogP contribution in [0.25, 0.3) is 0 Å². The highest BCUT2D eigenvalue weighted by molar-refractivity contribution is 6.29. The van der Waals surface area contributed by atoms with Crippen molar-refractivity contribution in [3.63, 3.8) is 0 Å². The van der Waals surface area contributed by atoms with E-state index >= 15 is 0 Å². The summed E-state index contributed by atoms with van der Waals surface area (Å²) in [7, 11) is 0. The predicted octanol–water partition coefficient (Wildman–Crippen LogP) is 2.79. The van der Waals surface area contributed by atoms with Crippen molar-refractivity contribution in [3.8, 4) is 0 Å². The first kappa shape index (κ1) is 9.08. The molecule has 0 unspecified atom stereocenters. The maximum Gasteiger partial charge on any atom is 0.0185 e. The van der Waals surface area contributed by atoms with Gasteiger partial charge in [0.1, 0.15) is 0 Å². The molecule has 0 bridgehead atoms. The first-order chi connectivity index (χ1) is 5.34. The van der Waals surface area contributed by atoms with E-state index in [0.717, 1.165) is 17.9 Å². The van der Waals surface area contributed by atoms with Crippen LogP contribution in [0.1, 0.15) is 38.5 Å². The van der Waals surface area contributed by atoms with Gasteiger partial charge in [0.05, 0.1) is 0 Å². The van der Waals surface area contributed by atoms with E-state index < -0.39 is 0 Å². The van der Waals surface area contributed by atoms with E-state index in [4.69, 9.17) is 17.3 Å². The first-order valence-corrected chi connectivity index (χ1v) is 4.79. The quantitative estimate of drug-likeness (QED) is 0.649. The van der Waals surface area contributed by atoms with Crippen molar-refractivity contribution in [2.45, 2.75) is 38.5 Å². The molecular formula is C9H16ClN. The van der Waals surface area contributed by atoms with Crippen molar-refractivity contribution in [1.82, 2.24) is 0 Å². The summed E-state index contributed by atoms with van der Waals surface area (Å²) >= 11 is 6.06. The molecule has 1 aliphatic carbocycles. The minimum atomic E-state index is 0.652. The van der Waals surface area contributed by atoms with Gasteiger partial charge in [0.25, 0.3) is 0 Å². The van der Waals surface area contributed by atoms with Crippen molar-refractivity contribution >= 4 is 11.6 Å². The fraction of sp³-hybridized carbons (Fsp3) is 0.778. The molecule has 1 aliphatic rings. The molecule has 1 nitrogen and oxygen atoms in total. The number of hydrogen-bond acceptors (Lipinski definition) is 1. The zero-order valence-electron chi connectivity index (χ0n) is 6.91. The minimum absolute atomic E-state index is 0.652. The molecule has 11 heavy (non-hydrogen) atoms. The third-order valence-electron chi connectivity index (χ3n) is 2.25. The summed E-state index contributed by atoms with van der Waals surface area (Å²) in [6.07, 6.45) is 7.34. The number of nitrogens with two attached hydrogens (primary N) is 1. The summed E-state index contributed by atoms with van der Waals surface area (Å²) in [5.41, 5.74) is 6.86. The number of allylic oxidation sites excluding steroid dienone is 1. The maximum atomic E-state index is 6.06. The highest BCUT2D eigenvalue weighted by atomic mass is 35.5. The van der Waals surface area contributed by atoms with Crippen LogP contribution in [0.4, 0.5) is 0 Å². The van der Waals surface area contributed by atoms with E-state index in [0.29, 0.717) is 6.54 Å². The lowest BCUT2D eigenvalue weighted by Gasteiger charge is -2.12. The van der Waals surface area contributed by atoms with Crippen LogP contribution in [0.2, 0.25) is 0 Å². The molecule has 0 saturated carbocycles. The third kappa shape index (κ3) is 2.84. The molecule has 0 amide bonds. The Morgan fingerprint density at radius 2 is 1.73 bits per heavy atom. The van der Waals surface area contributed by atoms with E-state index in [-0.39, 0.29) is 0 Å². The molecule has 0 spiro atoms. The average molecular weight is 174 g/mol. The van der Waals surface area contributed by atoms with Gasteiger partial charge in [-0.1, -0.05) is 24.4 Å². The fourth-order valence-corrected chi connectivity index (χ4v) is 1.80. The van der Waals surface area contributed by atoms with Gasteiger partial charge >= 0.3 is 0 Å². The lowest BCUT2D eigenvalue weighted by atomic mass is 10.00. The summed E-state index contributed by atoms with van der Waals surface area (Å²) in [6.45, 7) is 0.652. The molecule has 0 saturated heterocycles. The Labute approximate surface area is 73.6 Å². The molecule has 0 aliphatic heterocycles. The number of hydrogen-bond donors (Lipinski definition) is 1. The lowest BCUT2D eigenvalue weighted by molar-refractivity contribution is 0.616. The largest absolute Gasteiger partial charge is 0.327 e. The van der Waals surface area contributed by atoms with Crippen molar-refractivity contribution in [2.75, 3.05) is 6.54 Å². The SMILES string of the molecule is NC/C1=C(\Cl)CCCCCC1. The Morgan fingerprint density at radius 3 is 2.36 bits per heavy atom. The van der Waals surface area contributed by atoms with Crippen molar-refractivity contribution in [2.24, 2.45) is 5.73 Å². The second-order valence-corrected chi connectivity index (χ2v) is 3.58. The zero-order chi connectivity index (χ0) is 8.10. The lowest BCUT2D eigenvalue weighted by Crippen LogP contribution is -2.06. The summed E-state index contributed by atoms with van der Waals surface area (Å²) < 4.78 is 0. The van der Waals surface area contributed by atoms with Crippen molar-refractivity contribution < 1.29 is 0 Å². The standard InChI is InChI=1S/C9H16ClN/c10-9-6-4-2-1-3-5-8(9)7-11/h1-7,11H2/b9-8-. The molecule has 0 aromatic rings. The molecule has 0 aromatic heterocycles. The van der Waals surface area contributed by atoms with E-state index in [9.17, 15) is 0 Å². The molecule has 2 N–H and O–H groups in total. The summed E-state index contributed by atoms with van der Waals surface area (Å²) in [5.74, 6) is 0. The molecule has 64 valence electrons. The number of rotatable bonds is 1. The van der Waals surface area contributed by atoms with Gasteiger partial charge in [0, 0.05) is 11.6 Å². The number of halogens is 1. The molecular weight excluding hydrogens is 158 g/mol. The van der Waals surface area contributed by atoms with E-state index in [1.807, 2.05) is 0 Å². The van der Waals surface area contributed by atoms with Gasteiger partial charge in [-0.15, -0.1) is 0 Å². The molecule has 0 radical (unpaired) electrons. The molecule has 1 rings (SSSR count). The second-order valence-electron chi connectivity index (χ2n) is 3.13. The van der Waals surface area contributed by atoms with Gasteiger partial charge in [-0.05, 0) is 31.3 Å². The van der Waals surface area contributed by atoms with E-state index in [1.165, 1.54) is 31.3 Å². The van der Waals surface area contributed by atoms with Crippen LogP contribution in [-0.2, 0) is 0 Å². The topological polar surface area (TPSA) is 26.0 Å². The summed E-state index contributed by atoms with van der Waals surface area (Å²) in [6, 6.07) is 0. The van der Waals surface area contributed by atoms with Crippen LogP contribution in [0.5, 0.6) is 0 Å². The van der Waals surface area contributed by atoms with Gasteiger partial charge in [-0.3, -0.25) is 0 Å². The fourth-order valence-electron chi connectivity index (χ4n) is 1.50. The third-order valence-corrected chi connectivity index (χ3v) is 2.71. The van der Waals surface area contributed by atoms with Crippen molar-refractivity contribution in [1.29, 1.82) is 0 Å². The van der Waals surface area contributed by atoms with E-state index in [2.05, 4.69) is 0 Å². The Morgan fingerprint density at radius 1 is 1.09 bits per heavy atom. The van der Waals surface area contributed by atoms with Crippen LogP contribution >= 0.6 is 11.6 Å². The molecule has 2 heteroatoms. The molecule has 0 heterocycles. The summed E-state index contributed by atoms with van der Waals surface area (Å²) in [4.78, 5) is 0. The van der Waals surface area contributed by atoms with Gasteiger partial charge in [0.2, 0.25) is 0 Å². The molecule has 0 atom stereocenters. The normalized spacial score (nSPS) is 27.8. The molecule has 0 aromatic carbocycles. The van der Waals surface area contributed by atoms with Gasteiger partial charge in [-0.25, -0.2) is 0 Å². The maximum absolute atomic E-state index is 6.06. The highest BCUT2D eigenvalue weighted by Gasteiger charge is 2.06. The van der Waals surface area contributed by atoms with E-state index in [1.54, 1.807) is 0 Å². The van der Waals surface area contributed by atoms with Crippen LogP contribution in [-0.4, -0.2) is 6.54 Å². The Balaban J connectivity index is 2.56. The van der Waals surface area contributed by atoms with Crippen LogP contribution in [0, 0.1) is 0 Å². The molecule has 0 fully saturated rings. The van der Waals surface area contributed by atoms with Crippen molar-refractivity contribution in [3.05, 3.63) is 10.6 Å². The van der Waals surface area contributed by atoms with Crippen LogP contribution in [0.15, 0.2) is 10.6 Å². The predicted molar refractivity (Wildman–Crippen MR) is 49.6 cm³/mol. The van der Waals surface area contributed by atoms with Gasteiger partial charge in [0.15, 0.2) is 0 Å². The zero-order valence-corrected chi connectivity index (χ0v) is 7.66. The van der Waals surface area contributed by atoms with Crippen LogP contribution < -0.4 is 5.73 Å². The Kier molecular flexibility index (Phi) is 3.95. The van der Waals surface area contributed by atoms with Gasteiger partial charge < -0.3 is 5.73 Å². The highest BCUT2D eigenvalue weighted by Crippen LogP contribution is 2.24. The summed E-state index contributed by atoms with van der Waals surface area (Å²) in [5, 5.41) is 1.03. The Bertz CT molecular complexity index is 152. The van der Waals surface area contributed by atoms with Gasteiger partial charge in [-0.2, -0.15) is 0 Å². The Hall–Kier alpha value is -0.0100. The smallest absolute Gasteiger partial charge is 0.0185 e. The second kappa shape index (κ2) is 4.78. The van der Waals surface area contributed by atoms with Crippen LogP contribution in [0.3, 0.4) is 0 Å². The monoisotopic (exact) mass is 173 g/mol. The average Bonchev–Trinajstić information content (AvgIpc) is 1.98. The minimum Gasteiger partial charge on any atom is -0.327 e.